The lowest BCUT2D eigenvalue weighted by Gasteiger charge is -2.03. The summed E-state index contributed by atoms with van der Waals surface area (Å²) >= 11 is 1.44. The number of aryl methyl sites for hydroxylation is 1. The summed E-state index contributed by atoms with van der Waals surface area (Å²) in [6.45, 7) is 1.83. The van der Waals surface area contributed by atoms with Gasteiger partial charge in [-0.1, -0.05) is 5.16 Å². The molecule has 2 aromatic rings. The molecule has 0 aliphatic heterocycles. The molecule has 84 valence electrons. The molecular formula is C11H11FN2OS. The van der Waals surface area contributed by atoms with Crippen LogP contribution in [-0.2, 0) is 5.75 Å². The Balaban J connectivity index is 2.07. The molecule has 0 saturated heterocycles. The van der Waals surface area contributed by atoms with Crippen LogP contribution in [0.4, 0.5) is 10.1 Å². The van der Waals surface area contributed by atoms with E-state index in [4.69, 9.17) is 10.3 Å². The van der Waals surface area contributed by atoms with Crippen LogP contribution in [0.2, 0.25) is 0 Å². The molecule has 2 rings (SSSR count). The maximum atomic E-state index is 13.0. The van der Waals surface area contributed by atoms with Crippen molar-refractivity contribution in [1.29, 1.82) is 0 Å². The van der Waals surface area contributed by atoms with Crippen molar-refractivity contribution in [3.8, 4) is 0 Å². The molecule has 2 N–H and O–H groups in total. The van der Waals surface area contributed by atoms with Crippen LogP contribution in [0.15, 0.2) is 33.7 Å². The number of rotatable bonds is 3. The fraction of sp³-hybridized carbons (Fsp3) is 0.182. The molecule has 0 aliphatic rings. The van der Waals surface area contributed by atoms with Gasteiger partial charge in [0.1, 0.15) is 11.6 Å². The summed E-state index contributed by atoms with van der Waals surface area (Å²) in [7, 11) is 0. The molecule has 1 heterocycles. The zero-order valence-corrected chi connectivity index (χ0v) is 9.55. The van der Waals surface area contributed by atoms with E-state index in [1.165, 1.54) is 23.9 Å². The predicted molar refractivity (Wildman–Crippen MR) is 61.6 cm³/mol. The molecule has 1 aromatic heterocycles. The first-order valence-electron chi connectivity index (χ1n) is 4.75. The minimum Gasteiger partial charge on any atom is -0.398 e. The second kappa shape index (κ2) is 4.57. The average Bonchev–Trinajstić information content (AvgIpc) is 2.66. The van der Waals surface area contributed by atoms with E-state index in [0.717, 1.165) is 16.3 Å². The minimum atomic E-state index is -0.284. The number of aromatic nitrogens is 1. The molecule has 0 saturated carbocycles. The van der Waals surface area contributed by atoms with Gasteiger partial charge in [-0.15, -0.1) is 11.8 Å². The second-order valence-electron chi connectivity index (χ2n) is 3.40. The summed E-state index contributed by atoms with van der Waals surface area (Å²) < 4.78 is 17.9. The first-order chi connectivity index (χ1) is 7.65. The Morgan fingerprint density at radius 1 is 1.44 bits per heavy atom. The Kier molecular flexibility index (Phi) is 3.14. The highest BCUT2D eigenvalue weighted by Gasteiger charge is 2.05. The van der Waals surface area contributed by atoms with E-state index in [1.54, 1.807) is 6.07 Å². The van der Waals surface area contributed by atoms with Crippen LogP contribution in [-0.4, -0.2) is 5.16 Å². The van der Waals surface area contributed by atoms with Crippen LogP contribution >= 0.6 is 11.8 Å². The van der Waals surface area contributed by atoms with Gasteiger partial charge < -0.3 is 10.3 Å². The van der Waals surface area contributed by atoms with E-state index in [-0.39, 0.29) is 5.82 Å². The summed E-state index contributed by atoms with van der Waals surface area (Å²) in [5.41, 5.74) is 7.13. The topological polar surface area (TPSA) is 52.0 Å². The van der Waals surface area contributed by atoms with Gasteiger partial charge in [-0.25, -0.2) is 4.39 Å². The fourth-order valence-corrected chi connectivity index (χ4v) is 2.14. The number of thioether (sulfide) groups is 1. The Bertz CT molecular complexity index is 498. The van der Waals surface area contributed by atoms with E-state index in [2.05, 4.69) is 5.16 Å². The van der Waals surface area contributed by atoms with E-state index in [9.17, 15) is 4.39 Å². The second-order valence-corrected chi connectivity index (χ2v) is 4.42. The van der Waals surface area contributed by atoms with Gasteiger partial charge in [-0.05, 0) is 25.1 Å². The van der Waals surface area contributed by atoms with Crippen molar-refractivity contribution in [2.24, 2.45) is 0 Å². The van der Waals surface area contributed by atoms with Gasteiger partial charge in [0.15, 0.2) is 0 Å². The molecule has 16 heavy (non-hydrogen) atoms. The van der Waals surface area contributed by atoms with E-state index >= 15 is 0 Å². The maximum absolute atomic E-state index is 13.0. The quantitative estimate of drug-likeness (QED) is 0.659. The van der Waals surface area contributed by atoms with Crippen molar-refractivity contribution in [2.75, 3.05) is 5.73 Å². The Morgan fingerprint density at radius 2 is 2.25 bits per heavy atom. The minimum absolute atomic E-state index is 0.284. The van der Waals surface area contributed by atoms with Crippen molar-refractivity contribution >= 4 is 17.4 Å². The van der Waals surface area contributed by atoms with Gasteiger partial charge in [0.05, 0.1) is 5.69 Å². The summed E-state index contributed by atoms with van der Waals surface area (Å²) in [5.74, 6) is 1.10. The molecule has 0 radical (unpaired) electrons. The molecule has 0 bridgehead atoms. The SMILES string of the molecule is Cc1cc(CSc2cc(F)ccc2N)no1. The Morgan fingerprint density at radius 3 is 2.94 bits per heavy atom. The molecule has 3 nitrogen and oxygen atoms in total. The number of hydrogen-bond donors (Lipinski definition) is 1. The van der Waals surface area contributed by atoms with Crippen LogP contribution < -0.4 is 5.73 Å². The number of benzene rings is 1. The Labute approximate surface area is 96.8 Å². The average molecular weight is 238 g/mol. The lowest BCUT2D eigenvalue weighted by atomic mass is 10.3. The molecular weight excluding hydrogens is 227 g/mol. The van der Waals surface area contributed by atoms with Crippen LogP contribution in [0.1, 0.15) is 11.5 Å². The summed E-state index contributed by atoms with van der Waals surface area (Å²) in [5, 5.41) is 3.85. The van der Waals surface area contributed by atoms with Crippen LogP contribution in [0.5, 0.6) is 0 Å². The highest BCUT2D eigenvalue weighted by atomic mass is 32.2. The number of anilines is 1. The first-order valence-corrected chi connectivity index (χ1v) is 5.74. The van der Waals surface area contributed by atoms with Crippen molar-refractivity contribution < 1.29 is 8.91 Å². The largest absolute Gasteiger partial charge is 0.398 e. The maximum Gasteiger partial charge on any atom is 0.133 e. The van der Waals surface area contributed by atoms with Crippen LogP contribution in [0.25, 0.3) is 0 Å². The normalized spacial score (nSPS) is 10.6. The number of hydrogen-bond acceptors (Lipinski definition) is 4. The van der Waals surface area contributed by atoms with Gasteiger partial charge in [-0.3, -0.25) is 0 Å². The predicted octanol–water partition coefficient (Wildman–Crippen LogP) is 3.00. The third-order valence-corrected chi connectivity index (χ3v) is 3.13. The number of nitrogens with two attached hydrogens (primary N) is 1. The van der Waals surface area contributed by atoms with Crippen LogP contribution in [0.3, 0.4) is 0 Å². The molecule has 0 unspecified atom stereocenters. The molecule has 0 fully saturated rings. The van der Waals surface area contributed by atoms with Crippen molar-refractivity contribution in [3.63, 3.8) is 0 Å². The molecule has 0 aliphatic carbocycles. The Hall–Kier alpha value is -1.49. The third-order valence-electron chi connectivity index (χ3n) is 2.03. The van der Waals surface area contributed by atoms with Gasteiger partial charge >= 0.3 is 0 Å². The smallest absolute Gasteiger partial charge is 0.133 e. The summed E-state index contributed by atoms with van der Waals surface area (Å²) in [6.07, 6.45) is 0. The highest BCUT2D eigenvalue weighted by molar-refractivity contribution is 7.98. The molecule has 5 heteroatoms. The van der Waals surface area contributed by atoms with E-state index in [0.29, 0.717) is 11.4 Å². The lowest BCUT2D eigenvalue weighted by Crippen LogP contribution is -1.90. The lowest BCUT2D eigenvalue weighted by molar-refractivity contribution is 0.393. The van der Waals surface area contributed by atoms with Crippen LogP contribution in [0, 0.1) is 12.7 Å². The fourth-order valence-electron chi connectivity index (χ4n) is 1.27. The standard InChI is InChI=1S/C11H11FN2OS/c1-7-4-9(14-15-7)6-16-11-5-8(12)2-3-10(11)13/h2-5H,6,13H2,1H3. The van der Waals surface area contributed by atoms with Gasteiger partial charge in [0, 0.05) is 22.4 Å². The molecule has 0 amide bonds. The van der Waals surface area contributed by atoms with E-state index in [1.807, 2.05) is 13.0 Å². The van der Waals surface area contributed by atoms with E-state index < -0.39 is 0 Å². The highest BCUT2D eigenvalue weighted by Crippen LogP contribution is 2.28. The molecule has 0 atom stereocenters. The first kappa shape index (κ1) is 11.0. The van der Waals surface area contributed by atoms with Crippen molar-refractivity contribution in [2.45, 2.75) is 17.6 Å². The summed E-state index contributed by atoms with van der Waals surface area (Å²) in [6, 6.07) is 6.18. The zero-order valence-electron chi connectivity index (χ0n) is 8.74. The molecule has 0 spiro atoms. The van der Waals surface area contributed by atoms with Gasteiger partial charge in [0.25, 0.3) is 0 Å². The number of nitrogen functional groups attached to an aromatic ring is 1. The monoisotopic (exact) mass is 238 g/mol. The number of halogens is 1. The third kappa shape index (κ3) is 2.55. The van der Waals surface area contributed by atoms with Gasteiger partial charge in [0.2, 0.25) is 0 Å². The molecule has 1 aromatic carbocycles. The number of nitrogens with zero attached hydrogens (tertiary/aromatic N) is 1. The zero-order chi connectivity index (χ0) is 11.5. The van der Waals surface area contributed by atoms with Crippen molar-refractivity contribution in [3.05, 3.63) is 41.5 Å². The summed E-state index contributed by atoms with van der Waals surface area (Å²) in [4.78, 5) is 0.723. The van der Waals surface area contributed by atoms with Crippen molar-refractivity contribution in [1.82, 2.24) is 5.16 Å². The van der Waals surface area contributed by atoms with Gasteiger partial charge in [-0.2, -0.15) is 0 Å².